The smallest absolute Gasteiger partial charge is 0.184 e. The summed E-state index contributed by atoms with van der Waals surface area (Å²) >= 11 is 0. The number of aliphatic hydroxyl groups excluding tert-OH is 2. The molecule has 3 aromatic carbocycles. The van der Waals surface area contributed by atoms with Gasteiger partial charge in [-0.25, -0.2) is 0 Å². The molecule has 1 heterocycles. The molecule has 0 unspecified atom stereocenters. The molecule has 0 aliphatic carbocycles. The zero-order chi connectivity index (χ0) is 22.9. The van der Waals surface area contributed by atoms with Gasteiger partial charge in [-0.1, -0.05) is 91.0 Å². The van der Waals surface area contributed by atoms with Gasteiger partial charge >= 0.3 is 0 Å². The molecule has 174 valence electrons. The van der Waals surface area contributed by atoms with E-state index in [1.165, 1.54) is 0 Å². The number of ether oxygens (including phenoxy) is 4. The van der Waals surface area contributed by atoms with E-state index in [9.17, 15) is 10.2 Å². The Labute approximate surface area is 194 Å². The van der Waals surface area contributed by atoms with Gasteiger partial charge in [0.25, 0.3) is 0 Å². The van der Waals surface area contributed by atoms with Crippen LogP contribution in [0.15, 0.2) is 91.0 Å². The molecule has 6 nitrogen and oxygen atoms in total. The quantitative estimate of drug-likeness (QED) is 0.493. The highest BCUT2D eigenvalue weighted by Crippen LogP contribution is 2.27. The summed E-state index contributed by atoms with van der Waals surface area (Å²) in [6.45, 7) is 1.18. The summed E-state index contributed by atoms with van der Waals surface area (Å²) in [5.74, 6) is 0. The maximum absolute atomic E-state index is 10.7. The van der Waals surface area contributed by atoms with Gasteiger partial charge in [0.2, 0.25) is 0 Å². The summed E-state index contributed by atoms with van der Waals surface area (Å²) in [6, 6.07) is 29.3. The lowest BCUT2D eigenvalue weighted by atomic mass is 9.98. The monoisotopic (exact) mass is 450 g/mol. The summed E-state index contributed by atoms with van der Waals surface area (Å²) in [5, 5.41) is 21.1. The van der Waals surface area contributed by atoms with Crippen molar-refractivity contribution in [1.29, 1.82) is 0 Å². The fourth-order valence-electron chi connectivity index (χ4n) is 3.84. The van der Waals surface area contributed by atoms with E-state index >= 15 is 0 Å². The van der Waals surface area contributed by atoms with Crippen molar-refractivity contribution in [2.45, 2.75) is 50.5 Å². The van der Waals surface area contributed by atoms with Crippen LogP contribution in [0.3, 0.4) is 0 Å². The van der Waals surface area contributed by atoms with Crippen LogP contribution in [0.1, 0.15) is 16.7 Å². The number of benzene rings is 3. The van der Waals surface area contributed by atoms with E-state index in [0.29, 0.717) is 13.2 Å². The Morgan fingerprint density at radius 1 is 0.606 bits per heavy atom. The molecule has 0 radical (unpaired) electrons. The molecule has 2 N–H and O–H groups in total. The third-order valence-electron chi connectivity index (χ3n) is 5.60. The second kappa shape index (κ2) is 12.0. The van der Waals surface area contributed by atoms with E-state index in [2.05, 4.69) is 0 Å². The summed E-state index contributed by atoms with van der Waals surface area (Å²) in [4.78, 5) is 0. The Balaban J connectivity index is 1.46. The van der Waals surface area contributed by atoms with Gasteiger partial charge in [0.05, 0.1) is 26.4 Å². The number of aliphatic hydroxyl groups is 2. The molecule has 5 atom stereocenters. The molecule has 0 amide bonds. The fraction of sp³-hybridized carbons (Fsp3) is 0.333. The van der Waals surface area contributed by atoms with Crippen molar-refractivity contribution in [2.75, 3.05) is 6.61 Å². The molecule has 33 heavy (non-hydrogen) atoms. The first-order valence-electron chi connectivity index (χ1n) is 11.1. The number of hydrogen-bond donors (Lipinski definition) is 2. The maximum atomic E-state index is 10.7. The van der Waals surface area contributed by atoms with Crippen LogP contribution >= 0.6 is 0 Å². The van der Waals surface area contributed by atoms with Crippen LogP contribution in [0.4, 0.5) is 0 Å². The molecule has 1 aliphatic heterocycles. The Bertz CT molecular complexity index is 937. The van der Waals surface area contributed by atoms with Crippen molar-refractivity contribution in [3.05, 3.63) is 108 Å². The van der Waals surface area contributed by atoms with E-state index in [0.717, 1.165) is 16.7 Å². The predicted octanol–water partition coefficient (Wildman–Crippen LogP) is 3.45. The van der Waals surface area contributed by atoms with Gasteiger partial charge in [0.15, 0.2) is 6.29 Å². The average Bonchev–Trinajstić information content (AvgIpc) is 2.86. The Hall–Kier alpha value is -2.58. The van der Waals surface area contributed by atoms with Crippen LogP contribution in [-0.4, -0.2) is 47.5 Å². The third kappa shape index (κ3) is 6.71. The van der Waals surface area contributed by atoms with Crippen molar-refractivity contribution >= 4 is 0 Å². The highest BCUT2D eigenvalue weighted by Gasteiger charge is 2.46. The first kappa shape index (κ1) is 23.6. The molecule has 6 heteroatoms. The zero-order valence-electron chi connectivity index (χ0n) is 18.4. The van der Waals surface area contributed by atoms with Crippen LogP contribution in [0.2, 0.25) is 0 Å². The van der Waals surface area contributed by atoms with Crippen molar-refractivity contribution in [2.24, 2.45) is 0 Å². The Morgan fingerprint density at radius 2 is 1.06 bits per heavy atom. The molecule has 4 rings (SSSR count). The van der Waals surface area contributed by atoms with E-state index in [4.69, 9.17) is 18.9 Å². The standard InChI is InChI=1S/C27H30O6/c28-24-26(32-18-22-14-8-3-9-15-22)25(31-17-21-12-6-2-7-13-21)23(33-27(24)29)19-30-16-20-10-4-1-5-11-20/h1-15,23-29H,16-19H2/t23-,24+,25-,26-,27+/m0/s1. The van der Waals surface area contributed by atoms with Gasteiger partial charge < -0.3 is 29.2 Å². The third-order valence-corrected chi connectivity index (χ3v) is 5.60. The molecular weight excluding hydrogens is 420 g/mol. The zero-order valence-corrected chi connectivity index (χ0v) is 18.4. The summed E-state index contributed by atoms with van der Waals surface area (Å²) < 4.78 is 23.9. The van der Waals surface area contributed by atoms with Crippen LogP contribution in [0.5, 0.6) is 0 Å². The van der Waals surface area contributed by atoms with Crippen LogP contribution in [-0.2, 0) is 38.8 Å². The molecule has 1 saturated heterocycles. The fourth-order valence-corrected chi connectivity index (χ4v) is 3.84. The summed E-state index contributed by atoms with van der Waals surface area (Å²) in [5.41, 5.74) is 2.99. The molecular formula is C27H30O6. The van der Waals surface area contributed by atoms with E-state index in [-0.39, 0.29) is 13.2 Å². The first-order valence-corrected chi connectivity index (χ1v) is 11.1. The van der Waals surface area contributed by atoms with Crippen molar-refractivity contribution in [1.82, 2.24) is 0 Å². The molecule has 0 spiro atoms. The second-order valence-corrected chi connectivity index (χ2v) is 8.08. The van der Waals surface area contributed by atoms with Gasteiger partial charge in [0.1, 0.15) is 24.4 Å². The van der Waals surface area contributed by atoms with E-state index in [1.807, 2.05) is 91.0 Å². The lowest BCUT2D eigenvalue weighted by molar-refractivity contribution is -0.307. The Morgan fingerprint density at radius 3 is 1.58 bits per heavy atom. The van der Waals surface area contributed by atoms with Crippen molar-refractivity contribution in [3.63, 3.8) is 0 Å². The lowest BCUT2D eigenvalue weighted by Gasteiger charge is -2.42. The van der Waals surface area contributed by atoms with Crippen LogP contribution in [0.25, 0.3) is 0 Å². The Kier molecular flexibility index (Phi) is 8.60. The minimum Gasteiger partial charge on any atom is -0.385 e. The topological polar surface area (TPSA) is 77.4 Å². The van der Waals surface area contributed by atoms with Gasteiger partial charge in [-0.15, -0.1) is 0 Å². The molecule has 0 saturated carbocycles. The minimum atomic E-state index is -1.40. The van der Waals surface area contributed by atoms with Gasteiger partial charge in [0, 0.05) is 0 Å². The summed E-state index contributed by atoms with van der Waals surface area (Å²) in [6.07, 6.45) is -4.68. The molecule has 0 aromatic heterocycles. The normalized spacial score (nSPS) is 25.1. The highest BCUT2D eigenvalue weighted by molar-refractivity contribution is 5.15. The average molecular weight is 451 g/mol. The number of hydrogen-bond acceptors (Lipinski definition) is 6. The van der Waals surface area contributed by atoms with E-state index in [1.54, 1.807) is 0 Å². The van der Waals surface area contributed by atoms with Gasteiger partial charge in [-0.05, 0) is 16.7 Å². The van der Waals surface area contributed by atoms with E-state index < -0.39 is 30.7 Å². The minimum absolute atomic E-state index is 0.184. The van der Waals surface area contributed by atoms with Crippen LogP contribution in [0, 0.1) is 0 Å². The highest BCUT2D eigenvalue weighted by atomic mass is 16.7. The molecule has 1 aliphatic rings. The van der Waals surface area contributed by atoms with Crippen molar-refractivity contribution < 1.29 is 29.2 Å². The van der Waals surface area contributed by atoms with Gasteiger partial charge in [-0.2, -0.15) is 0 Å². The van der Waals surface area contributed by atoms with Crippen molar-refractivity contribution in [3.8, 4) is 0 Å². The second-order valence-electron chi connectivity index (χ2n) is 8.08. The largest absolute Gasteiger partial charge is 0.385 e. The maximum Gasteiger partial charge on any atom is 0.184 e. The predicted molar refractivity (Wildman–Crippen MR) is 123 cm³/mol. The van der Waals surface area contributed by atoms with Gasteiger partial charge in [-0.3, -0.25) is 0 Å². The SMILES string of the molecule is O[C@@H]1[C@H](OCc2ccccc2)[C@@H](OCc2ccccc2)[C@H](COCc2ccccc2)O[C@H]1O. The molecule has 1 fully saturated rings. The lowest BCUT2D eigenvalue weighted by Crippen LogP contribution is -2.60. The molecule has 0 bridgehead atoms. The number of rotatable bonds is 10. The summed E-state index contributed by atoms with van der Waals surface area (Å²) in [7, 11) is 0. The molecule has 3 aromatic rings. The first-order chi connectivity index (χ1) is 16.2. The van der Waals surface area contributed by atoms with Crippen LogP contribution < -0.4 is 0 Å².